The van der Waals surface area contributed by atoms with Crippen molar-refractivity contribution in [2.45, 2.75) is 137 Å². The van der Waals surface area contributed by atoms with Gasteiger partial charge in [0.2, 0.25) is 0 Å². The van der Waals surface area contributed by atoms with E-state index in [1.165, 1.54) is 5.57 Å². The molecule has 0 unspecified atom stereocenters. The first-order valence-electron chi connectivity index (χ1n) is 15.4. The van der Waals surface area contributed by atoms with Crippen LogP contribution in [0.25, 0.3) is 0 Å². The van der Waals surface area contributed by atoms with Gasteiger partial charge in [-0.25, -0.2) is 4.79 Å². The SMILES string of the molecule is CCOC(=O)C=C1C[C@@H](CC)[C@@H](CO[Si](C)(C)C(C)(C)C)C1.CC[C@@H]1CC(=O)C[C@@H]1CO[Si](C)(C)C(C)(C)C. The molecule has 2 aliphatic carbocycles. The van der Waals surface area contributed by atoms with E-state index < -0.39 is 16.6 Å². The fourth-order valence-corrected chi connectivity index (χ4v) is 7.10. The van der Waals surface area contributed by atoms with Gasteiger partial charge in [0, 0.05) is 32.1 Å². The highest BCUT2D eigenvalue weighted by atomic mass is 28.4. The number of carbonyl (C=O) groups excluding carboxylic acids is 2. The Morgan fingerprint density at radius 3 is 1.54 bits per heavy atom. The van der Waals surface area contributed by atoms with Crippen molar-refractivity contribution in [2.75, 3.05) is 19.8 Å². The molecule has 4 atom stereocenters. The lowest BCUT2D eigenvalue weighted by Gasteiger charge is -2.37. The number of allylic oxidation sites excluding steroid dienone is 1. The topological polar surface area (TPSA) is 61.8 Å². The first-order valence-corrected chi connectivity index (χ1v) is 21.2. The van der Waals surface area contributed by atoms with Crippen LogP contribution in [0.2, 0.25) is 36.3 Å². The maximum absolute atomic E-state index is 11.6. The zero-order valence-electron chi connectivity index (χ0n) is 27.8. The minimum atomic E-state index is -1.69. The number of ether oxygens (including phenoxy) is 1. The molecule has 0 aromatic rings. The lowest BCUT2D eigenvalue weighted by Crippen LogP contribution is -2.42. The normalized spacial score (nSPS) is 25.6. The molecule has 0 radical (unpaired) electrons. The van der Waals surface area contributed by atoms with E-state index in [-0.39, 0.29) is 16.0 Å². The van der Waals surface area contributed by atoms with E-state index in [1.807, 2.05) is 6.92 Å². The van der Waals surface area contributed by atoms with Crippen LogP contribution in [0.4, 0.5) is 0 Å². The summed E-state index contributed by atoms with van der Waals surface area (Å²) >= 11 is 0. The summed E-state index contributed by atoms with van der Waals surface area (Å²) in [5.74, 6) is 2.44. The molecule has 0 aliphatic heterocycles. The van der Waals surface area contributed by atoms with Crippen molar-refractivity contribution in [2.24, 2.45) is 23.7 Å². The van der Waals surface area contributed by atoms with Crippen molar-refractivity contribution in [1.29, 1.82) is 0 Å². The fraction of sp³-hybridized carbons (Fsp3) is 0.875. The smallest absolute Gasteiger partial charge is 0.330 e. The highest BCUT2D eigenvalue weighted by Gasteiger charge is 2.40. The van der Waals surface area contributed by atoms with Gasteiger partial charge in [0.15, 0.2) is 16.6 Å². The molecule has 0 N–H and O–H groups in total. The number of hydrogen-bond acceptors (Lipinski definition) is 5. The summed E-state index contributed by atoms with van der Waals surface area (Å²) in [6, 6.07) is 0. The van der Waals surface area contributed by atoms with Crippen LogP contribution in [0.15, 0.2) is 11.6 Å². The van der Waals surface area contributed by atoms with Gasteiger partial charge in [-0.2, -0.15) is 0 Å². The number of carbonyl (C=O) groups is 2. The third kappa shape index (κ3) is 11.2. The molecule has 2 aliphatic rings. The first kappa shape index (κ1) is 36.3. The fourth-order valence-electron chi connectivity index (χ4n) is 4.97. The van der Waals surface area contributed by atoms with Crippen LogP contribution in [-0.4, -0.2) is 48.2 Å². The molecule has 228 valence electrons. The molecule has 0 heterocycles. The second-order valence-corrected chi connectivity index (χ2v) is 24.5. The average Bonchev–Trinajstić information content (AvgIpc) is 3.37. The van der Waals surface area contributed by atoms with Gasteiger partial charge in [-0.05, 0) is 79.7 Å². The molecule has 0 amide bonds. The predicted molar refractivity (Wildman–Crippen MR) is 169 cm³/mol. The highest BCUT2D eigenvalue weighted by Crippen LogP contribution is 2.42. The summed E-state index contributed by atoms with van der Waals surface area (Å²) in [6.07, 6.45) is 7.48. The summed E-state index contributed by atoms with van der Waals surface area (Å²) in [6.45, 7) is 31.1. The molecule has 2 fully saturated rings. The molecular formula is C32H62O5Si2. The first-order chi connectivity index (χ1) is 17.8. The molecule has 0 saturated heterocycles. The summed E-state index contributed by atoms with van der Waals surface area (Å²) in [5.41, 5.74) is 1.23. The maximum atomic E-state index is 11.6. The molecule has 0 aromatic heterocycles. The van der Waals surface area contributed by atoms with Crippen molar-refractivity contribution >= 4 is 28.4 Å². The van der Waals surface area contributed by atoms with Gasteiger partial charge in [0.25, 0.3) is 0 Å². The zero-order valence-corrected chi connectivity index (χ0v) is 29.8. The highest BCUT2D eigenvalue weighted by molar-refractivity contribution is 6.74. The lowest BCUT2D eigenvalue weighted by molar-refractivity contribution is -0.137. The standard InChI is InChI=1S/C18H34O3Si.C14H28O2Si/c1-8-15-10-14(12-17(19)20-9-2)11-16(15)13-21-22(6,7)18(3,4)5;1-7-11-8-13(15)9-12(11)10-16-17(5,6)14(2,3)4/h12,15-16H,8-11,13H2,1-7H3;11-12H,7-10H2,1-6H3/t15-,16-;11-,12-/m11/s1. The van der Waals surface area contributed by atoms with E-state index in [0.717, 1.165) is 51.7 Å². The van der Waals surface area contributed by atoms with Gasteiger partial charge in [0.1, 0.15) is 5.78 Å². The van der Waals surface area contributed by atoms with E-state index in [9.17, 15) is 9.59 Å². The van der Waals surface area contributed by atoms with Crippen LogP contribution in [0.1, 0.15) is 101 Å². The van der Waals surface area contributed by atoms with E-state index >= 15 is 0 Å². The van der Waals surface area contributed by atoms with Gasteiger partial charge in [-0.15, -0.1) is 0 Å². The van der Waals surface area contributed by atoms with E-state index in [2.05, 4.69) is 81.6 Å². The van der Waals surface area contributed by atoms with E-state index in [4.69, 9.17) is 13.6 Å². The van der Waals surface area contributed by atoms with Crippen LogP contribution < -0.4 is 0 Å². The molecule has 7 heteroatoms. The summed E-state index contributed by atoms with van der Waals surface area (Å²) in [4.78, 5) is 23.1. The number of ketones is 1. The minimum Gasteiger partial charge on any atom is -0.463 e. The summed E-state index contributed by atoms with van der Waals surface area (Å²) < 4.78 is 17.7. The Balaban J connectivity index is 0.000000403. The Bertz CT molecular complexity index is 819. The molecule has 2 rings (SSSR count). The van der Waals surface area contributed by atoms with Crippen LogP contribution >= 0.6 is 0 Å². The van der Waals surface area contributed by atoms with Gasteiger partial charge < -0.3 is 13.6 Å². The van der Waals surface area contributed by atoms with Crippen LogP contribution in [-0.2, 0) is 23.2 Å². The molecule has 39 heavy (non-hydrogen) atoms. The van der Waals surface area contributed by atoms with Crippen molar-refractivity contribution in [3.63, 3.8) is 0 Å². The molecule has 5 nitrogen and oxygen atoms in total. The van der Waals surface area contributed by atoms with Gasteiger partial charge >= 0.3 is 5.97 Å². The summed E-state index contributed by atoms with van der Waals surface area (Å²) in [5, 5.41) is 0.508. The average molecular weight is 583 g/mol. The molecular weight excluding hydrogens is 521 g/mol. The molecule has 0 bridgehead atoms. The predicted octanol–water partition coefficient (Wildman–Crippen LogP) is 8.95. The Morgan fingerprint density at radius 1 is 0.744 bits per heavy atom. The quantitative estimate of drug-likeness (QED) is 0.146. The monoisotopic (exact) mass is 582 g/mol. The molecule has 0 spiro atoms. The zero-order chi connectivity index (χ0) is 30.2. The van der Waals surface area contributed by atoms with Crippen LogP contribution in [0.5, 0.6) is 0 Å². The number of hydrogen-bond donors (Lipinski definition) is 0. The largest absolute Gasteiger partial charge is 0.463 e. The Morgan fingerprint density at radius 2 is 1.13 bits per heavy atom. The van der Waals surface area contributed by atoms with E-state index in [1.54, 1.807) is 6.08 Å². The second kappa shape index (κ2) is 14.9. The van der Waals surface area contributed by atoms with Gasteiger partial charge in [-0.3, -0.25) is 4.79 Å². The maximum Gasteiger partial charge on any atom is 0.330 e. The van der Waals surface area contributed by atoms with Crippen molar-refractivity contribution in [3.05, 3.63) is 11.6 Å². The summed E-state index contributed by atoms with van der Waals surface area (Å²) in [7, 11) is -3.34. The molecule has 2 saturated carbocycles. The number of Topliss-reactive ketones (excluding diaryl/α,β-unsaturated/α-hetero) is 1. The Hall–Kier alpha value is -0.766. The lowest BCUT2D eigenvalue weighted by atomic mass is 9.95. The van der Waals surface area contributed by atoms with Crippen molar-refractivity contribution in [1.82, 2.24) is 0 Å². The van der Waals surface area contributed by atoms with Crippen LogP contribution in [0, 0.1) is 23.7 Å². The minimum absolute atomic E-state index is 0.196. The Kier molecular flexibility index (Phi) is 13.9. The third-order valence-electron chi connectivity index (χ3n) is 9.95. The van der Waals surface area contributed by atoms with Gasteiger partial charge in [-0.1, -0.05) is 73.8 Å². The third-order valence-corrected chi connectivity index (χ3v) is 18.9. The Labute approximate surface area is 243 Å². The number of rotatable bonds is 10. The van der Waals surface area contributed by atoms with Gasteiger partial charge in [0.05, 0.1) is 6.61 Å². The number of esters is 1. The van der Waals surface area contributed by atoms with E-state index in [0.29, 0.717) is 36.1 Å². The molecule has 0 aromatic carbocycles. The van der Waals surface area contributed by atoms with Crippen molar-refractivity contribution < 1.29 is 23.2 Å². The van der Waals surface area contributed by atoms with Crippen LogP contribution in [0.3, 0.4) is 0 Å². The second-order valence-electron chi connectivity index (χ2n) is 14.9. The van der Waals surface area contributed by atoms with Crippen molar-refractivity contribution in [3.8, 4) is 0 Å².